The molecule has 0 radical (unpaired) electrons. The SMILES string of the molecule is c1ccc2c(c1)cc(-c1cccc3c1oc1c3ccc3c4cccc(-c5cc6ccccc6c6ccccc56)c4oc31)c1ccccc12. The Labute approximate surface area is 275 Å². The second-order valence-electron chi connectivity index (χ2n) is 12.8. The van der Waals surface area contributed by atoms with Crippen molar-refractivity contribution in [3.8, 4) is 22.3 Å². The zero-order valence-electron chi connectivity index (χ0n) is 25.8. The van der Waals surface area contributed by atoms with Gasteiger partial charge in [0.05, 0.1) is 0 Å². The smallest absolute Gasteiger partial charge is 0.178 e. The number of benzene rings is 9. The van der Waals surface area contributed by atoms with E-state index in [2.05, 4.69) is 158 Å². The lowest BCUT2D eigenvalue weighted by molar-refractivity contribution is 0.634. The summed E-state index contributed by atoms with van der Waals surface area (Å²) in [6.45, 7) is 0. The first kappa shape index (κ1) is 25.8. The van der Waals surface area contributed by atoms with E-state index < -0.39 is 0 Å². The van der Waals surface area contributed by atoms with Crippen molar-refractivity contribution in [2.75, 3.05) is 0 Å². The van der Waals surface area contributed by atoms with Crippen LogP contribution in [0.2, 0.25) is 0 Å². The highest BCUT2D eigenvalue weighted by Gasteiger charge is 2.21. The van der Waals surface area contributed by atoms with Crippen molar-refractivity contribution in [3.05, 3.63) is 158 Å². The molecule has 9 aromatic carbocycles. The van der Waals surface area contributed by atoms with Crippen LogP contribution in [0.1, 0.15) is 0 Å². The summed E-state index contributed by atoms with van der Waals surface area (Å²) in [7, 11) is 0. The molecule has 2 heterocycles. The third-order valence-corrected chi connectivity index (χ3v) is 10.2. The van der Waals surface area contributed by atoms with E-state index in [1.807, 2.05) is 0 Å². The molecule has 2 aromatic heterocycles. The highest BCUT2D eigenvalue weighted by Crippen LogP contribution is 2.46. The van der Waals surface area contributed by atoms with E-state index in [9.17, 15) is 0 Å². The molecule has 0 atom stereocenters. The third-order valence-electron chi connectivity index (χ3n) is 10.2. The Kier molecular flexibility index (Phi) is 5.14. The molecular formula is C46H26O2. The maximum Gasteiger partial charge on any atom is 0.178 e. The van der Waals surface area contributed by atoms with Crippen LogP contribution in [0.25, 0.3) is 109 Å². The van der Waals surface area contributed by atoms with E-state index in [1.54, 1.807) is 0 Å². The Bertz CT molecular complexity index is 2910. The van der Waals surface area contributed by atoms with E-state index in [-0.39, 0.29) is 0 Å². The van der Waals surface area contributed by atoms with Gasteiger partial charge in [-0.3, -0.25) is 0 Å². The fourth-order valence-corrected chi connectivity index (χ4v) is 8.09. The van der Waals surface area contributed by atoms with Gasteiger partial charge in [0.1, 0.15) is 11.2 Å². The van der Waals surface area contributed by atoms with Crippen LogP contribution in [-0.2, 0) is 0 Å². The van der Waals surface area contributed by atoms with E-state index in [0.717, 1.165) is 55.0 Å². The average Bonchev–Trinajstić information content (AvgIpc) is 3.73. The van der Waals surface area contributed by atoms with Crippen molar-refractivity contribution in [1.82, 2.24) is 0 Å². The van der Waals surface area contributed by atoms with Gasteiger partial charge in [0.2, 0.25) is 0 Å². The number of para-hydroxylation sites is 2. The Balaban J connectivity index is 1.20. The molecule has 2 heteroatoms. The minimum Gasteiger partial charge on any atom is -0.451 e. The minimum absolute atomic E-state index is 0.783. The Morgan fingerprint density at radius 2 is 0.583 bits per heavy atom. The van der Waals surface area contributed by atoms with Crippen LogP contribution >= 0.6 is 0 Å². The topological polar surface area (TPSA) is 26.3 Å². The van der Waals surface area contributed by atoms with Crippen molar-refractivity contribution < 1.29 is 8.83 Å². The number of furan rings is 2. The zero-order chi connectivity index (χ0) is 31.3. The summed E-state index contributed by atoms with van der Waals surface area (Å²) in [4.78, 5) is 0. The van der Waals surface area contributed by atoms with Crippen LogP contribution < -0.4 is 0 Å². The van der Waals surface area contributed by atoms with E-state index in [0.29, 0.717) is 0 Å². The number of fused-ring (bicyclic) bond motifs is 13. The van der Waals surface area contributed by atoms with Crippen molar-refractivity contribution in [2.24, 2.45) is 0 Å². The highest BCUT2D eigenvalue weighted by molar-refractivity contribution is 6.24. The zero-order valence-corrected chi connectivity index (χ0v) is 25.8. The van der Waals surface area contributed by atoms with Crippen LogP contribution in [0, 0.1) is 0 Å². The van der Waals surface area contributed by atoms with Gasteiger partial charge >= 0.3 is 0 Å². The van der Waals surface area contributed by atoms with Crippen LogP contribution in [0.15, 0.2) is 167 Å². The Hall–Kier alpha value is -6.38. The quantitative estimate of drug-likeness (QED) is 0.182. The molecule has 11 rings (SSSR count). The number of rotatable bonds is 2. The lowest BCUT2D eigenvalue weighted by Gasteiger charge is -2.11. The molecular weight excluding hydrogens is 585 g/mol. The monoisotopic (exact) mass is 610 g/mol. The highest BCUT2D eigenvalue weighted by atomic mass is 16.4. The molecule has 0 amide bonds. The molecule has 0 N–H and O–H groups in total. The first-order chi connectivity index (χ1) is 23.8. The molecule has 0 spiro atoms. The molecule has 0 bridgehead atoms. The first-order valence-corrected chi connectivity index (χ1v) is 16.4. The second-order valence-corrected chi connectivity index (χ2v) is 12.8. The van der Waals surface area contributed by atoms with Crippen LogP contribution in [0.4, 0.5) is 0 Å². The van der Waals surface area contributed by atoms with E-state index in [1.165, 1.54) is 54.2 Å². The summed E-state index contributed by atoms with van der Waals surface area (Å²) in [5, 5.41) is 14.1. The molecule has 0 unspecified atom stereocenters. The molecule has 0 saturated heterocycles. The molecule has 0 saturated carbocycles. The van der Waals surface area contributed by atoms with Gasteiger partial charge < -0.3 is 8.83 Å². The summed E-state index contributed by atoms with van der Waals surface area (Å²) in [6, 6.07) is 56.5. The predicted molar refractivity (Wildman–Crippen MR) is 202 cm³/mol. The molecule has 11 aromatic rings. The third kappa shape index (κ3) is 3.46. The summed E-state index contributed by atoms with van der Waals surface area (Å²) >= 11 is 0. The van der Waals surface area contributed by atoms with Crippen LogP contribution in [-0.4, -0.2) is 0 Å². The summed E-state index contributed by atoms with van der Waals surface area (Å²) in [5.74, 6) is 0. The predicted octanol–water partition coefficient (Wildman–Crippen LogP) is 13.4. The van der Waals surface area contributed by atoms with Crippen molar-refractivity contribution in [2.45, 2.75) is 0 Å². The maximum absolute atomic E-state index is 6.92. The maximum atomic E-state index is 6.92. The lowest BCUT2D eigenvalue weighted by atomic mass is 9.92. The molecule has 0 fully saturated rings. The van der Waals surface area contributed by atoms with Crippen molar-refractivity contribution >= 4 is 87.0 Å². The molecule has 0 aliphatic heterocycles. The van der Waals surface area contributed by atoms with Gasteiger partial charge in [0.15, 0.2) is 11.2 Å². The Morgan fingerprint density at radius 3 is 1.04 bits per heavy atom. The van der Waals surface area contributed by atoms with Gasteiger partial charge in [-0.05, 0) is 78.5 Å². The molecule has 2 nitrogen and oxygen atoms in total. The summed E-state index contributed by atoms with van der Waals surface area (Å²) in [6.07, 6.45) is 0. The van der Waals surface area contributed by atoms with Crippen LogP contribution in [0.3, 0.4) is 0 Å². The molecule has 222 valence electrons. The van der Waals surface area contributed by atoms with E-state index >= 15 is 0 Å². The fourth-order valence-electron chi connectivity index (χ4n) is 8.09. The normalized spacial score (nSPS) is 12.2. The van der Waals surface area contributed by atoms with Gasteiger partial charge in [-0.2, -0.15) is 0 Å². The second kappa shape index (κ2) is 9.57. The largest absolute Gasteiger partial charge is 0.451 e. The van der Waals surface area contributed by atoms with Gasteiger partial charge in [-0.25, -0.2) is 0 Å². The van der Waals surface area contributed by atoms with Gasteiger partial charge in [-0.15, -0.1) is 0 Å². The Morgan fingerprint density at radius 1 is 0.229 bits per heavy atom. The molecule has 0 aliphatic rings. The standard InChI is InChI=1S/C46H26O2/c1-3-13-29-27(11-1)25-41(33-17-7-5-15-31(29)33)37-21-9-19-35-39-23-24-40-36-20-10-22-38(44(36)48-46(40)45(39)47-43(35)37)42-26-28-12-2-4-14-30(28)32-16-6-8-18-34(32)42/h1-26H. The van der Waals surface area contributed by atoms with Gasteiger partial charge in [0, 0.05) is 32.7 Å². The number of hydrogen-bond acceptors (Lipinski definition) is 2. The summed E-state index contributed by atoms with van der Waals surface area (Å²) < 4.78 is 13.8. The minimum atomic E-state index is 0.783. The average molecular weight is 611 g/mol. The lowest BCUT2D eigenvalue weighted by Crippen LogP contribution is -1.85. The number of hydrogen-bond donors (Lipinski definition) is 0. The fraction of sp³-hybridized carbons (Fsp3) is 0. The van der Waals surface area contributed by atoms with Crippen molar-refractivity contribution in [1.29, 1.82) is 0 Å². The van der Waals surface area contributed by atoms with E-state index in [4.69, 9.17) is 8.83 Å². The van der Waals surface area contributed by atoms with Crippen molar-refractivity contribution in [3.63, 3.8) is 0 Å². The molecule has 0 aliphatic carbocycles. The first-order valence-electron chi connectivity index (χ1n) is 16.4. The molecule has 48 heavy (non-hydrogen) atoms. The van der Waals surface area contributed by atoms with Gasteiger partial charge in [0.25, 0.3) is 0 Å². The van der Waals surface area contributed by atoms with Gasteiger partial charge in [-0.1, -0.05) is 133 Å². The summed E-state index contributed by atoms with van der Waals surface area (Å²) in [5.41, 5.74) is 7.82. The van der Waals surface area contributed by atoms with Crippen LogP contribution in [0.5, 0.6) is 0 Å².